The zero-order chi connectivity index (χ0) is 21.1. The van der Waals surface area contributed by atoms with Gasteiger partial charge in [-0.15, -0.1) is 0 Å². The Bertz CT molecular complexity index is 1060. The first-order chi connectivity index (χ1) is 14.5. The molecule has 152 valence electrons. The Morgan fingerprint density at radius 1 is 0.500 bits per heavy atom. The fraction of sp³-hybridized carbons (Fsp3) is 0. The van der Waals surface area contributed by atoms with Crippen molar-refractivity contribution in [2.45, 2.75) is 0 Å². The van der Waals surface area contributed by atoms with Gasteiger partial charge in [-0.1, -0.05) is 0 Å². The van der Waals surface area contributed by atoms with Crippen LogP contribution in [0.1, 0.15) is 0 Å². The topological polar surface area (TPSA) is 63.6 Å². The predicted octanol–water partition coefficient (Wildman–Crippen LogP) is 2.33. The van der Waals surface area contributed by atoms with Gasteiger partial charge < -0.3 is 0 Å². The average molecular weight is 527 g/mol. The molecule has 0 spiro atoms. The summed E-state index contributed by atoms with van der Waals surface area (Å²) in [5, 5.41) is 0. The third kappa shape index (κ3) is 3.28. The quantitative estimate of drug-likeness (QED) is 0.309. The van der Waals surface area contributed by atoms with Crippen LogP contribution in [0.4, 0.5) is 0 Å². The Labute approximate surface area is 178 Å². The van der Waals surface area contributed by atoms with Crippen molar-refractivity contribution in [1.82, 2.24) is 0 Å². The monoisotopic (exact) mass is 526 g/mol. The van der Waals surface area contributed by atoms with Crippen molar-refractivity contribution in [2.75, 3.05) is 0 Å². The van der Waals surface area contributed by atoms with Crippen LogP contribution in [-0.2, 0) is 12.9 Å². The second-order valence-electron chi connectivity index (χ2n) is 6.88. The first kappa shape index (κ1) is 20.8. The normalized spacial score (nSPS) is 13.3. The average Bonchev–Trinajstić information content (AvgIpc) is 2.79. The van der Waals surface area contributed by atoms with Crippen molar-refractivity contribution in [3.8, 4) is 0 Å². The van der Waals surface area contributed by atoms with Crippen LogP contribution in [0.2, 0.25) is 0 Å². The molecule has 0 heterocycles. The molecule has 1 N–H and O–H groups in total. The number of hydrogen-bond acceptors (Lipinski definition) is 3. The van der Waals surface area contributed by atoms with Crippen molar-refractivity contribution in [3.05, 3.63) is 121 Å². The van der Waals surface area contributed by atoms with Crippen LogP contribution < -0.4 is 14.0 Å². The van der Waals surface area contributed by atoms with Crippen LogP contribution in [0.15, 0.2) is 121 Å². The minimum absolute atomic E-state index is 0.742. The van der Waals surface area contributed by atoms with Gasteiger partial charge in [0.25, 0.3) is 0 Å². The molecule has 0 amide bonds. The summed E-state index contributed by atoms with van der Waals surface area (Å²) >= 11 is -5.52. The van der Waals surface area contributed by atoms with E-state index in [4.69, 9.17) is 2.46 Å². The molecule has 0 saturated carbocycles. The molecule has 6 heteroatoms. The van der Waals surface area contributed by atoms with E-state index in [1.54, 1.807) is 0 Å². The van der Waals surface area contributed by atoms with Crippen molar-refractivity contribution in [1.29, 1.82) is 0 Å². The maximum atomic E-state index is 12.5. The molecular weight excluding hydrogens is 506 g/mol. The van der Waals surface area contributed by atoms with Gasteiger partial charge >= 0.3 is 179 Å². The summed E-state index contributed by atoms with van der Waals surface area (Å²) in [5.74, 6) is 0. The molecule has 0 unspecified atom stereocenters. The standard InChI is InChI=1S/4C6H5.H2O4S.Sb/c4*1-2-4-6-5-3-1;1-5(2,3)4;/h4*1-5H;(H2,1,2,3,4);/q;;;;;+1/p-1. The number of rotatable bonds is 6. The SMILES string of the molecule is O=S(=O)(O)[O][Sb]([c]1ccccc1)([c]1ccccc1)([c]1ccccc1)[c]1ccccc1. The first-order valence-electron chi connectivity index (χ1n) is 9.40. The van der Waals surface area contributed by atoms with Gasteiger partial charge in [0.05, 0.1) is 0 Å². The fourth-order valence-corrected chi connectivity index (χ4v) is 24.6. The van der Waals surface area contributed by atoms with E-state index in [1.807, 2.05) is 121 Å². The molecule has 0 radical (unpaired) electrons. The van der Waals surface area contributed by atoms with Gasteiger partial charge in [0.2, 0.25) is 0 Å². The molecular formula is C24H21O4SSb. The fourth-order valence-electron chi connectivity index (χ4n) is 4.10. The van der Waals surface area contributed by atoms with Crippen LogP contribution in [0.25, 0.3) is 0 Å². The molecule has 0 aliphatic heterocycles. The third-order valence-corrected chi connectivity index (χ3v) is 24.5. The summed E-state index contributed by atoms with van der Waals surface area (Å²) in [6.45, 7) is 0. The van der Waals surface area contributed by atoms with Crippen LogP contribution in [0.5, 0.6) is 0 Å². The van der Waals surface area contributed by atoms with E-state index in [9.17, 15) is 13.0 Å². The second-order valence-corrected chi connectivity index (χ2v) is 21.0. The Morgan fingerprint density at radius 3 is 0.933 bits per heavy atom. The maximum absolute atomic E-state index is 12.5. The molecule has 0 atom stereocenters. The molecule has 0 aromatic heterocycles. The summed E-state index contributed by atoms with van der Waals surface area (Å²) in [4.78, 5) is 0. The van der Waals surface area contributed by atoms with E-state index in [0.717, 1.165) is 14.0 Å². The van der Waals surface area contributed by atoms with E-state index in [-0.39, 0.29) is 0 Å². The molecule has 4 aromatic rings. The van der Waals surface area contributed by atoms with Crippen molar-refractivity contribution >= 4 is 42.3 Å². The number of hydrogen-bond donors (Lipinski definition) is 1. The summed E-state index contributed by atoms with van der Waals surface area (Å²) in [6, 6.07) is 37.5. The zero-order valence-corrected chi connectivity index (χ0v) is 19.4. The minimum atomic E-state index is -5.52. The van der Waals surface area contributed by atoms with Crippen LogP contribution in [-0.4, -0.2) is 30.8 Å². The van der Waals surface area contributed by atoms with E-state index in [0.29, 0.717) is 0 Å². The van der Waals surface area contributed by atoms with Gasteiger partial charge in [0, 0.05) is 0 Å². The van der Waals surface area contributed by atoms with E-state index in [2.05, 4.69) is 0 Å². The Hall–Kier alpha value is -2.43. The van der Waals surface area contributed by atoms with Crippen LogP contribution >= 0.6 is 0 Å². The first-order valence-corrected chi connectivity index (χ1v) is 16.9. The number of benzene rings is 4. The molecule has 0 aliphatic rings. The molecule has 0 saturated heterocycles. The third-order valence-electron chi connectivity index (χ3n) is 5.24. The molecule has 0 bridgehead atoms. The Balaban J connectivity index is 2.34. The van der Waals surface area contributed by atoms with E-state index < -0.39 is 28.2 Å². The summed E-state index contributed by atoms with van der Waals surface area (Å²) in [6.07, 6.45) is 0. The van der Waals surface area contributed by atoms with Gasteiger partial charge in [0.15, 0.2) is 0 Å². The molecule has 0 aliphatic carbocycles. The van der Waals surface area contributed by atoms with Crippen molar-refractivity contribution in [2.24, 2.45) is 0 Å². The molecule has 30 heavy (non-hydrogen) atoms. The summed E-state index contributed by atoms with van der Waals surface area (Å²) in [7, 11) is -4.84. The molecule has 4 rings (SSSR count). The zero-order valence-electron chi connectivity index (χ0n) is 16.1. The van der Waals surface area contributed by atoms with Crippen LogP contribution in [0.3, 0.4) is 0 Å². The van der Waals surface area contributed by atoms with Gasteiger partial charge in [-0.05, 0) is 0 Å². The molecule has 4 nitrogen and oxygen atoms in total. The van der Waals surface area contributed by atoms with Crippen LogP contribution in [0, 0.1) is 0 Å². The van der Waals surface area contributed by atoms with Crippen molar-refractivity contribution in [3.63, 3.8) is 0 Å². The van der Waals surface area contributed by atoms with Gasteiger partial charge in [0.1, 0.15) is 0 Å². The molecule has 0 fully saturated rings. The van der Waals surface area contributed by atoms with Gasteiger partial charge in [-0.3, -0.25) is 0 Å². The van der Waals surface area contributed by atoms with Gasteiger partial charge in [-0.2, -0.15) is 0 Å². The Kier molecular flexibility index (Phi) is 5.56. The van der Waals surface area contributed by atoms with E-state index >= 15 is 0 Å². The second kappa shape index (κ2) is 8.01. The summed E-state index contributed by atoms with van der Waals surface area (Å²) < 4.78 is 44.3. The van der Waals surface area contributed by atoms with Gasteiger partial charge in [-0.25, -0.2) is 0 Å². The van der Waals surface area contributed by atoms with E-state index in [1.165, 1.54) is 0 Å². The molecule has 4 aromatic carbocycles. The predicted molar refractivity (Wildman–Crippen MR) is 123 cm³/mol. The summed E-state index contributed by atoms with van der Waals surface area (Å²) in [5.41, 5.74) is 0. The van der Waals surface area contributed by atoms with Crippen molar-refractivity contribution < 1.29 is 15.4 Å². The Morgan fingerprint density at radius 2 is 0.733 bits per heavy atom.